The zero-order valence-corrected chi connectivity index (χ0v) is 10.4. The fraction of sp³-hybridized carbons (Fsp3) is 0.333. The third-order valence-electron chi connectivity index (χ3n) is 2.42. The van der Waals surface area contributed by atoms with E-state index in [1.165, 1.54) is 0 Å². The standard InChI is InChI=1S/C12H10ClF3N2O/c13-10(8-4-2-1-3-5-8)11-17-9(18-19-11)6-7-12(14,15)16/h1-5,10H,6-7H2. The van der Waals surface area contributed by atoms with Crippen LogP contribution < -0.4 is 0 Å². The van der Waals surface area contributed by atoms with E-state index in [0.717, 1.165) is 5.56 Å². The Labute approximate surface area is 112 Å². The van der Waals surface area contributed by atoms with Crippen molar-refractivity contribution in [2.45, 2.75) is 24.4 Å². The second-order valence-electron chi connectivity index (χ2n) is 3.94. The predicted octanol–water partition coefficient (Wildman–Crippen LogP) is 3.89. The monoisotopic (exact) mass is 290 g/mol. The minimum Gasteiger partial charge on any atom is -0.337 e. The predicted molar refractivity (Wildman–Crippen MR) is 62.8 cm³/mol. The molecule has 1 heterocycles. The van der Waals surface area contributed by atoms with Gasteiger partial charge in [-0.15, -0.1) is 11.6 Å². The van der Waals surface area contributed by atoms with Gasteiger partial charge in [-0.3, -0.25) is 0 Å². The molecular formula is C12H10ClF3N2O. The maximum absolute atomic E-state index is 12.1. The van der Waals surface area contributed by atoms with Gasteiger partial charge < -0.3 is 4.52 Å². The van der Waals surface area contributed by atoms with E-state index in [4.69, 9.17) is 16.1 Å². The summed E-state index contributed by atoms with van der Waals surface area (Å²) >= 11 is 6.12. The Hall–Kier alpha value is -1.56. The van der Waals surface area contributed by atoms with E-state index in [9.17, 15) is 13.2 Å². The summed E-state index contributed by atoms with van der Waals surface area (Å²) in [5.74, 6) is 0.110. The van der Waals surface area contributed by atoms with Crippen molar-refractivity contribution in [2.75, 3.05) is 0 Å². The van der Waals surface area contributed by atoms with Crippen LogP contribution in [0, 0.1) is 0 Å². The van der Waals surface area contributed by atoms with Gasteiger partial charge in [0, 0.05) is 6.42 Å². The van der Waals surface area contributed by atoms with Gasteiger partial charge in [0.05, 0.1) is 6.42 Å². The summed E-state index contributed by atoms with van der Waals surface area (Å²) in [7, 11) is 0. The highest BCUT2D eigenvalue weighted by Crippen LogP contribution is 2.27. The normalized spacial score (nSPS) is 13.5. The molecule has 7 heteroatoms. The molecule has 0 aliphatic rings. The van der Waals surface area contributed by atoms with Crippen LogP contribution in [0.3, 0.4) is 0 Å². The van der Waals surface area contributed by atoms with E-state index in [1.54, 1.807) is 24.3 Å². The van der Waals surface area contributed by atoms with Crippen LogP contribution in [-0.2, 0) is 6.42 Å². The molecule has 2 rings (SSSR count). The van der Waals surface area contributed by atoms with Crippen molar-refractivity contribution in [3.8, 4) is 0 Å². The highest BCUT2D eigenvalue weighted by Gasteiger charge is 2.28. The quantitative estimate of drug-likeness (QED) is 0.802. The molecule has 0 saturated heterocycles. The van der Waals surface area contributed by atoms with Crippen molar-refractivity contribution in [1.82, 2.24) is 10.1 Å². The topological polar surface area (TPSA) is 38.9 Å². The zero-order chi connectivity index (χ0) is 13.9. The molecule has 2 aromatic rings. The molecule has 1 unspecified atom stereocenters. The Balaban J connectivity index is 2.05. The lowest BCUT2D eigenvalue weighted by atomic mass is 10.1. The van der Waals surface area contributed by atoms with E-state index in [0.29, 0.717) is 0 Å². The van der Waals surface area contributed by atoms with Gasteiger partial charge in [-0.25, -0.2) is 0 Å². The molecule has 0 aliphatic heterocycles. The highest BCUT2D eigenvalue weighted by molar-refractivity contribution is 6.22. The van der Waals surface area contributed by atoms with Crippen LogP contribution in [0.4, 0.5) is 13.2 Å². The highest BCUT2D eigenvalue weighted by atomic mass is 35.5. The van der Waals surface area contributed by atoms with Crippen molar-refractivity contribution in [3.63, 3.8) is 0 Å². The Morgan fingerprint density at radius 3 is 2.53 bits per heavy atom. The number of aryl methyl sites for hydroxylation is 1. The third-order valence-corrected chi connectivity index (χ3v) is 2.86. The largest absolute Gasteiger partial charge is 0.389 e. The van der Waals surface area contributed by atoms with Gasteiger partial charge >= 0.3 is 6.18 Å². The summed E-state index contributed by atoms with van der Waals surface area (Å²) < 4.78 is 41.1. The van der Waals surface area contributed by atoms with Gasteiger partial charge in [0.1, 0.15) is 5.38 Å². The Morgan fingerprint density at radius 1 is 1.21 bits per heavy atom. The summed E-state index contributed by atoms with van der Waals surface area (Å²) in [6.07, 6.45) is -5.53. The molecule has 0 spiro atoms. The Kier molecular flexibility index (Phi) is 4.09. The van der Waals surface area contributed by atoms with E-state index >= 15 is 0 Å². The van der Waals surface area contributed by atoms with Gasteiger partial charge in [-0.1, -0.05) is 35.5 Å². The van der Waals surface area contributed by atoms with Gasteiger partial charge in [-0.05, 0) is 5.56 Å². The van der Waals surface area contributed by atoms with E-state index in [-0.39, 0.29) is 18.1 Å². The fourth-order valence-electron chi connectivity index (χ4n) is 1.49. The number of nitrogens with zero attached hydrogens (tertiary/aromatic N) is 2. The molecule has 1 aromatic carbocycles. The molecule has 19 heavy (non-hydrogen) atoms. The molecule has 0 radical (unpaired) electrons. The Morgan fingerprint density at radius 2 is 1.89 bits per heavy atom. The minimum absolute atomic E-state index is 0.00825. The molecule has 0 saturated carbocycles. The summed E-state index contributed by atoms with van der Waals surface area (Å²) in [5.41, 5.74) is 0.746. The van der Waals surface area contributed by atoms with Crippen molar-refractivity contribution in [2.24, 2.45) is 0 Å². The molecule has 1 atom stereocenters. The van der Waals surface area contributed by atoms with Crippen molar-refractivity contribution in [1.29, 1.82) is 0 Å². The molecule has 0 fully saturated rings. The first-order valence-corrected chi connectivity index (χ1v) is 5.97. The van der Waals surface area contributed by atoms with Crippen LogP contribution in [0.15, 0.2) is 34.9 Å². The summed E-state index contributed by atoms with van der Waals surface area (Å²) in [5, 5.41) is 2.84. The van der Waals surface area contributed by atoms with Crippen LogP contribution in [0.25, 0.3) is 0 Å². The average molecular weight is 291 g/mol. The van der Waals surface area contributed by atoms with Crippen LogP contribution in [0.5, 0.6) is 0 Å². The van der Waals surface area contributed by atoms with Crippen LogP contribution in [0.1, 0.15) is 29.1 Å². The van der Waals surface area contributed by atoms with Gasteiger partial charge in [0.25, 0.3) is 0 Å². The molecule has 3 nitrogen and oxygen atoms in total. The van der Waals surface area contributed by atoms with E-state index < -0.39 is 18.0 Å². The molecule has 0 bridgehead atoms. The zero-order valence-electron chi connectivity index (χ0n) is 9.69. The van der Waals surface area contributed by atoms with Gasteiger partial charge in [0.15, 0.2) is 5.82 Å². The second-order valence-corrected chi connectivity index (χ2v) is 4.37. The maximum Gasteiger partial charge on any atom is 0.389 e. The van der Waals surface area contributed by atoms with Crippen LogP contribution >= 0.6 is 11.6 Å². The summed E-state index contributed by atoms with van der Waals surface area (Å²) in [6, 6.07) is 8.97. The van der Waals surface area contributed by atoms with Gasteiger partial charge in [0.2, 0.25) is 5.89 Å². The first-order valence-electron chi connectivity index (χ1n) is 5.54. The fourth-order valence-corrected chi connectivity index (χ4v) is 1.72. The maximum atomic E-state index is 12.1. The SMILES string of the molecule is FC(F)(F)CCc1noc(C(Cl)c2ccccc2)n1. The number of benzene rings is 1. The molecule has 1 aromatic heterocycles. The number of alkyl halides is 4. The molecule has 0 aliphatic carbocycles. The van der Waals surface area contributed by atoms with Crippen molar-refractivity contribution in [3.05, 3.63) is 47.6 Å². The van der Waals surface area contributed by atoms with Crippen molar-refractivity contribution >= 4 is 11.6 Å². The lowest BCUT2D eigenvalue weighted by Gasteiger charge is -2.03. The third kappa shape index (κ3) is 3.96. The van der Waals surface area contributed by atoms with Gasteiger partial charge in [-0.2, -0.15) is 18.2 Å². The van der Waals surface area contributed by atoms with E-state index in [1.807, 2.05) is 6.07 Å². The summed E-state index contributed by atoms with van der Waals surface area (Å²) in [6.45, 7) is 0. The first kappa shape index (κ1) is 13.9. The van der Waals surface area contributed by atoms with Crippen LogP contribution in [0.2, 0.25) is 0 Å². The molecule has 102 valence electrons. The smallest absolute Gasteiger partial charge is 0.337 e. The number of hydrogen-bond acceptors (Lipinski definition) is 3. The van der Waals surface area contributed by atoms with Crippen LogP contribution in [-0.4, -0.2) is 16.3 Å². The van der Waals surface area contributed by atoms with Crippen molar-refractivity contribution < 1.29 is 17.7 Å². The first-order chi connectivity index (χ1) is 8.96. The Bertz CT molecular complexity index is 527. The lowest BCUT2D eigenvalue weighted by Crippen LogP contribution is -2.09. The lowest BCUT2D eigenvalue weighted by molar-refractivity contribution is -0.134. The summed E-state index contributed by atoms with van der Waals surface area (Å²) in [4.78, 5) is 3.88. The molecular weight excluding hydrogens is 281 g/mol. The number of halogens is 4. The molecule has 0 N–H and O–H groups in total. The second kappa shape index (κ2) is 5.61. The average Bonchev–Trinajstić information content (AvgIpc) is 2.84. The molecule has 0 amide bonds. The number of rotatable bonds is 4. The number of aromatic nitrogens is 2. The number of hydrogen-bond donors (Lipinski definition) is 0. The minimum atomic E-state index is -4.24. The van der Waals surface area contributed by atoms with E-state index in [2.05, 4.69) is 10.1 Å².